The van der Waals surface area contributed by atoms with Gasteiger partial charge in [-0.05, 0) is 41.6 Å². The zero-order valence-electron chi connectivity index (χ0n) is 19.8. The fourth-order valence-electron chi connectivity index (χ4n) is 3.53. The largest absolute Gasteiger partial charge is 0.497 e. The molecule has 0 unspecified atom stereocenters. The van der Waals surface area contributed by atoms with Crippen LogP contribution in [0, 0.1) is 6.92 Å². The first-order valence-corrected chi connectivity index (χ1v) is 11.7. The third-order valence-electron chi connectivity index (χ3n) is 5.43. The van der Waals surface area contributed by atoms with Crippen LogP contribution in [0.2, 0.25) is 0 Å². The van der Waals surface area contributed by atoms with Crippen LogP contribution in [0.5, 0.6) is 11.5 Å². The number of amides is 1. The van der Waals surface area contributed by atoms with Gasteiger partial charge >= 0.3 is 0 Å². The number of nitrogens with one attached hydrogen (secondary N) is 1. The van der Waals surface area contributed by atoms with Crippen LogP contribution in [-0.4, -0.2) is 55.5 Å². The van der Waals surface area contributed by atoms with E-state index in [1.807, 2.05) is 30.3 Å². The number of methoxy groups -OCH3 is 2. The normalized spacial score (nSPS) is 10.9. The quantitative estimate of drug-likeness (QED) is 0.352. The SMILES string of the molecule is COc1ccc(OC)c(-n2nnnc2SCCC(=O)Nc2c(C)n(C)n(-c3ccccc3)c2=O)c1. The highest BCUT2D eigenvalue weighted by molar-refractivity contribution is 7.99. The Kier molecular flexibility index (Phi) is 7.20. The molecule has 0 aliphatic rings. The lowest BCUT2D eigenvalue weighted by atomic mass is 10.3. The van der Waals surface area contributed by atoms with Crippen LogP contribution in [0.4, 0.5) is 5.69 Å². The van der Waals surface area contributed by atoms with Crippen molar-refractivity contribution < 1.29 is 14.3 Å². The summed E-state index contributed by atoms with van der Waals surface area (Å²) < 4.78 is 15.5. The second-order valence-corrected chi connectivity index (χ2v) is 8.56. The zero-order valence-corrected chi connectivity index (χ0v) is 20.6. The minimum absolute atomic E-state index is 0.159. The van der Waals surface area contributed by atoms with Crippen molar-refractivity contribution in [2.75, 3.05) is 25.3 Å². The third-order valence-corrected chi connectivity index (χ3v) is 6.36. The van der Waals surface area contributed by atoms with Gasteiger partial charge in [0.05, 0.1) is 25.6 Å². The van der Waals surface area contributed by atoms with Crippen LogP contribution in [-0.2, 0) is 11.8 Å². The van der Waals surface area contributed by atoms with E-state index in [4.69, 9.17) is 9.47 Å². The Morgan fingerprint density at radius 2 is 1.89 bits per heavy atom. The van der Waals surface area contributed by atoms with Crippen molar-refractivity contribution in [3.05, 3.63) is 64.6 Å². The molecule has 11 nitrogen and oxygen atoms in total. The molecule has 0 radical (unpaired) electrons. The Labute approximate surface area is 205 Å². The summed E-state index contributed by atoms with van der Waals surface area (Å²) in [7, 11) is 4.91. The maximum atomic E-state index is 13.0. The summed E-state index contributed by atoms with van der Waals surface area (Å²) in [5, 5.41) is 15.1. The van der Waals surface area contributed by atoms with Gasteiger partial charge in [-0.2, -0.15) is 4.68 Å². The van der Waals surface area contributed by atoms with Gasteiger partial charge in [-0.15, -0.1) is 5.10 Å². The Morgan fingerprint density at radius 3 is 2.60 bits per heavy atom. The van der Waals surface area contributed by atoms with Crippen molar-refractivity contribution in [3.63, 3.8) is 0 Å². The molecule has 12 heteroatoms. The van der Waals surface area contributed by atoms with Crippen molar-refractivity contribution in [2.24, 2.45) is 7.05 Å². The van der Waals surface area contributed by atoms with E-state index in [2.05, 4.69) is 20.8 Å². The number of thioether (sulfide) groups is 1. The standard InChI is InChI=1S/C23H25N7O4S/c1-15-21(22(32)30(28(15)2)16-8-6-5-7-9-16)24-20(31)12-13-35-23-25-26-27-29(23)18-14-17(33-3)10-11-19(18)34-4/h5-11,14H,12-13H2,1-4H3,(H,24,31). The van der Waals surface area contributed by atoms with E-state index in [9.17, 15) is 9.59 Å². The van der Waals surface area contributed by atoms with Gasteiger partial charge in [0.15, 0.2) is 0 Å². The van der Waals surface area contributed by atoms with Crippen LogP contribution < -0.4 is 20.3 Å². The molecule has 0 saturated heterocycles. The molecule has 2 heterocycles. The molecule has 4 rings (SSSR count). The minimum atomic E-state index is -0.286. The molecule has 4 aromatic rings. The van der Waals surface area contributed by atoms with E-state index in [1.54, 1.807) is 51.1 Å². The predicted molar refractivity (Wildman–Crippen MR) is 132 cm³/mol. The molecule has 0 bridgehead atoms. The van der Waals surface area contributed by atoms with Gasteiger partial charge in [0.2, 0.25) is 11.1 Å². The number of hydrogen-bond donors (Lipinski definition) is 1. The number of carbonyl (C=O) groups excluding carboxylic acids is 1. The van der Waals surface area contributed by atoms with Crippen LogP contribution in [0.1, 0.15) is 12.1 Å². The summed E-state index contributed by atoms with van der Waals surface area (Å²) in [4.78, 5) is 25.7. The predicted octanol–water partition coefficient (Wildman–Crippen LogP) is 2.60. The molecule has 0 fully saturated rings. The van der Waals surface area contributed by atoms with E-state index in [0.29, 0.717) is 33.8 Å². The third kappa shape index (κ3) is 4.92. The molecule has 182 valence electrons. The maximum Gasteiger partial charge on any atom is 0.295 e. The monoisotopic (exact) mass is 495 g/mol. The van der Waals surface area contributed by atoms with Crippen molar-refractivity contribution in [1.29, 1.82) is 0 Å². The minimum Gasteiger partial charge on any atom is -0.497 e. The first kappa shape index (κ1) is 24.1. The lowest BCUT2D eigenvalue weighted by molar-refractivity contribution is -0.115. The zero-order chi connectivity index (χ0) is 24.9. The van der Waals surface area contributed by atoms with Crippen molar-refractivity contribution in [3.8, 4) is 22.9 Å². The van der Waals surface area contributed by atoms with Gasteiger partial charge in [0.25, 0.3) is 5.56 Å². The number of para-hydroxylation sites is 1. The van der Waals surface area contributed by atoms with Crippen molar-refractivity contribution in [2.45, 2.75) is 18.5 Å². The molecule has 0 spiro atoms. The smallest absolute Gasteiger partial charge is 0.295 e. The first-order valence-electron chi connectivity index (χ1n) is 10.7. The van der Waals surface area contributed by atoms with E-state index < -0.39 is 0 Å². The number of ether oxygens (including phenoxy) is 2. The topological polar surface area (TPSA) is 118 Å². The van der Waals surface area contributed by atoms with Gasteiger partial charge in [-0.3, -0.25) is 14.3 Å². The van der Waals surface area contributed by atoms with Crippen LogP contribution in [0.3, 0.4) is 0 Å². The van der Waals surface area contributed by atoms with E-state index in [1.165, 1.54) is 21.1 Å². The van der Waals surface area contributed by atoms with Gasteiger partial charge in [0.1, 0.15) is 22.9 Å². The number of hydrogen-bond acceptors (Lipinski definition) is 8. The fourth-order valence-corrected chi connectivity index (χ4v) is 4.35. The molecule has 1 amide bonds. The van der Waals surface area contributed by atoms with E-state index in [-0.39, 0.29) is 23.6 Å². The van der Waals surface area contributed by atoms with Gasteiger partial charge in [0, 0.05) is 25.3 Å². The van der Waals surface area contributed by atoms with E-state index >= 15 is 0 Å². The maximum absolute atomic E-state index is 13.0. The molecule has 0 aliphatic heterocycles. The second kappa shape index (κ2) is 10.5. The Balaban J connectivity index is 1.45. The van der Waals surface area contributed by atoms with Gasteiger partial charge in [-0.1, -0.05) is 30.0 Å². The number of carbonyl (C=O) groups is 1. The summed E-state index contributed by atoms with van der Waals surface area (Å²) in [6.45, 7) is 1.79. The van der Waals surface area contributed by atoms with Gasteiger partial charge in [-0.25, -0.2) is 4.68 Å². The molecule has 0 saturated carbocycles. The van der Waals surface area contributed by atoms with Crippen LogP contribution in [0.25, 0.3) is 11.4 Å². The Hall–Kier alpha value is -4.06. The van der Waals surface area contributed by atoms with Crippen LogP contribution >= 0.6 is 11.8 Å². The molecule has 2 aromatic heterocycles. The molecule has 0 atom stereocenters. The fraction of sp³-hybridized carbons (Fsp3) is 0.261. The average Bonchev–Trinajstić information content (AvgIpc) is 3.42. The number of rotatable bonds is 9. The Morgan fingerprint density at radius 1 is 1.11 bits per heavy atom. The number of benzene rings is 2. The summed E-state index contributed by atoms with van der Waals surface area (Å²) >= 11 is 1.31. The lowest BCUT2D eigenvalue weighted by Crippen LogP contribution is -2.23. The summed E-state index contributed by atoms with van der Waals surface area (Å²) in [6, 6.07) is 14.6. The number of aromatic nitrogens is 6. The molecule has 2 aromatic carbocycles. The van der Waals surface area contributed by atoms with E-state index in [0.717, 1.165) is 5.69 Å². The average molecular weight is 496 g/mol. The highest BCUT2D eigenvalue weighted by atomic mass is 32.2. The molecular weight excluding hydrogens is 470 g/mol. The highest BCUT2D eigenvalue weighted by Crippen LogP contribution is 2.29. The molecule has 0 aliphatic carbocycles. The van der Waals surface area contributed by atoms with Crippen molar-refractivity contribution in [1.82, 2.24) is 29.6 Å². The summed E-state index contributed by atoms with van der Waals surface area (Å²) in [5.41, 5.74) is 1.97. The lowest BCUT2D eigenvalue weighted by Gasteiger charge is -2.11. The van der Waals surface area contributed by atoms with Crippen molar-refractivity contribution >= 4 is 23.4 Å². The number of tetrazole rings is 1. The molecule has 35 heavy (non-hydrogen) atoms. The number of nitrogens with zero attached hydrogens (tertiary/aromatic N) is 6. The van der Waals surface area contributed by atoms with Crippen LogP contribution in [0.15, 0.2) is 58.5 Å². The highest BCUT2D eigenvalue weighted by Gasteiger charge is 2.19. The molecule has 1 N–H and O–H groups in total. The van der Waals surface area contributed by atoms with Gasteiger partial charge < -0.3 is 14.8 Å². The molecular formula is C23H25N7O4S. The summed E-state index contributed by atoms with van der Waals surface area (Å²) in [5.74, 6) is 1.33. The first-order chi connectivity index (χ1) is 16.9. The second-order valence-electron chi connectivity index (χ2n) is 7.49. The number of anilines is 1. The Bertz CT molecular complexity index is 1390. The summed E-state index contributed by atoms with van der Waals surface area (Å²) in [6.07, 6.45) is 0.159.